The Kier molecular flexibility index (Phi) is 5.50. The lowest BCUT2D eigenvalue weighted by molar-refractivity contribution is 0.0979. The van der Waals surface area contributed by atoms with Gasteiger partial charge in [-0.2, -0.15) is 5.10 Å². The number of aryl methyl sites for hydroxylation is 1. The lowest BCUT2D eigenvalue weighted by Crippen LogP contribution is -2.46. The molecule has 0 amide bonds. The largest absolute Gasteiger partial charge is 0.297 e. The Bertz CT molecular complexity index is 1060. The Balaban J connectivity index is 1.27. The Labute approximate surface area is 182 Å². The minimum Gasteiger partial charge on any atom is -0.297 e. The maximum absolute atomic E-state index is 5.83. The average Bonchev–Trinajstić information content (AvgIpc) is 3.56. The maximum atomic E-state index is 5.83. The zero-order valence-corrected chi connectivity index (χ0v) is 18.3. The molecule has 7 heteroatoms. The van der Waals surface area contributed by atoms with Gasteiger partial charge < -0.3 is 0 Å². The molecule has 0 spiro atoms. The van der Waals surface area contributed by atoms with Gasteiger partial charge >= 0.3 is 0 Å². The molecule has 0 N–H and O–H groups in total. The molecule has 30 heavy (non-hydrogen) atoms. The lowest BCUT2D eigenvalue weighted by Gasteiger charge is -2.34. The number of rotatable bonds is 6. The number of piperazine rings is 1. The predicted octanol–water partition coefficient (Wildman–Crippen LogP) is 3.89. The van der Waals surface area contributed by atoms with Crippen LogP contribution in [-0.2, 0) is 13.2 Å². The van der Waals surface area contributed by atoms with Gasteiger partial charge in [0.15, 0.2) is 10.6 Å². The summed E-state index contributed by atoms with van der Waals surface area (Å²) in [6.07, 6.45) is 6.05. The smallest absolute Gasteiger partial charge is 0.199 e. The Morgan fingerprint density at radius 1 is 1.00 bits per heavy atom. The third kappa shape index (κ3) is 4.10. The molecule has 1 saturated carbocycles. The molecule has 6 nitrogen and oxygen atoms in total. The van der Waals surface area contributed by atoms with Crippen LogP contribution in [0.15, 0.2) is 48.8 Å². The second-order valence-corrected chi connectivity index (χ2v) is 8.78. The van der Waals surface area contributed by atoms with Gasteiger partial charge in [-0.1, -0.05) is 24.3 Å². The van der Waals surface area contributed by atoms with Crippen molar-refractivity contribution in [3.05, 3.63) is 64.7 Å². The molecule has 3 heterocycles. The zero-order valence-electron chi connectivity index (χ0n) is 17.4. The van der Waals surface area contributed by atoms with Crippen LogP contribution in [0.1, 0.15) is 30.0 Å². The zero-order chi connectivity index (χ0) is 20.5. The monoisotopic (exact) mass is 420 g/mol. The quantitative estimate of drug-likeness (QED) is 0.566. The van der Waals surface area contributed by atoms with Gasteiger partial charge in [0.25, 0.3) is 0 Å². The molecule has 3 aromatic rings. The second-order valence-electron chi connectivity index (χ2n) is 8.41. The van der Waals surface area contributed by atoms with Crippen molar-refractivity contribution in [1.82, 2.24) is 29.1 Å². The summed E-state index contributed by atoms with van der Waals surface area (Å²) in [5.41, 5.74) is 3.84. The average molecular weight is 421 g/mol. The maximum Gasteiger partial charge on any atom is 0.199 e. The highest BCUT2D eigenvalue weighted by Crippen LogP contribution is 2.38. The van der Waals surface area contributed by atoms with E-state index < -0.39 is 0 Å². The molecule has 0 atom stereocenters. The van der Waals surface area contributed by atoms with E-state index in [-0.39, 0.29) is 0 Å². The molecule has 1 aliphatic heterocycles. The molecule has 0 unspecified atom stereocenters. The van der Waals surface area contributed by atoms with Gasteiger partial charge in [-0.15, -0.1) is 0 Å². The van der Waals surface area contributed by atoms with Crippen molar-refractivity contribution in [3.8, 4) is 11.4 Å². The summed E-state index contributed by atoms with van der Waals surface area (Å²) in [7, 11) is 0. The lowest BCUT2D eigenvalue weighted by atomic mass is 10.1. The first-order valence-corrected chi connectivity index (χ1v) is 11.2. The number of hydrogen-bond acceptors (Lipinski definition) is 5. The molecule has 0 radical (unpaired) electrons. The minimum atomic E-state index is 0.493. The molecule has 1 saturated heterocycles. The molecule has 1 aliphatic carbocycles. The van der Waals surface area contributed by atoms with Crippen LogP contribution in [0, 0.1) is 11.7 Å². The third-order valence-electron chi connectivity index (χ3n) is 6.16. The van der Waals surface area contributed by atoms with Crippen LogP contribution < -0.4 is 0 Å². The molecule has 2 aliphatic rings. The number of aromatic nitrogens is 4. The van der Waals surface area contributed by atoms with Crippen molar-refractivity contribution in [2.75, 3.05) is 26.2 Å². The van der Waals surface area contributed by atoms with Gasteiger partial charge in [-0.3, -0.25) is 19.4 Å². The predicted molar refractivity (Wildman–Crippen MR) is 121 cm³/mol. The van der Waals surface area contributed by atoms with Crippen LogP contribution in [0.2, 0.25) is 0 Å². The fourth-order valence-corrected chi connectivity index (χ4v) is 4.51. The van der Waals surface area contributed by atoms with Crippen LogP contribution in [0.3, 0.4) is 0 Å². The molecule has 0 bridgehead atoms. The summed E-state index contributed by atoms with van der Waals surface area (Å²) in [4.78, 5) is 9.28. The standard InChI is InChI=1S/C23H28N6S/c1-18-5-2-3-6-20(18)16-26-11-13-27(14-12-26)17-28-23(30)29(21-8-9-21)22(25-28)19-7-4-10-24-15-19/h2-7,10,15,21H,8-9,11-14,16-17H2,1H3. The Morgan fingerprint density at radius 3 is 2.47 bits per heavy atom. The highest BCUT2D eigenvalue weighted by molar-refractivity contribution is 7.71. The van der Waals surface area contributed by atoms with Gasteiger partial charge in [-0.25, -0.2) is 4.68 Å². The van der Waals surface area contributed by atoms with E-state index in [4.69, 9.17) is 17.3 Å². The molecule has 2 fully saturated rings. The number of benzene rings is 1. The SMILES string of the molecule is Cc1ccccc1CN1CCN(Cn2nc(-c3cccnc3)n(C3CC3)c2=S)CC1. The van der Waals surface area contributed by atoms with Crippen LogP contribution in [0.4, 0.5) is 0 Å². The van der Waals surface area contributed by atoms with Crippen molar-refractivity contribution in [2.24, 2.45) is 0 Å². The van der Waals surface area contributed by atoms with Crippen LogP contribution in [0.25, 0.3) is 11.4 Å². The van der Waals surface area contributed by atoms with E-state index in [2.05, 4.69) is 56.6 Å². The van der Waals surface area contributed by atoms with Crippen molar-refractivity contribution >= 4 is 12.2 Å². The fourth-order valence-electron chi connectivity index (χ4n) is 4.17. The number of hydrogen-bond donors (Lipinski definition) is 0. The van der Waals surface area contributed by atoms with Crippen molar-refractivity contribution in [1.29, 1.82) is 0 Å². The molecular weight excluding hydrogens is 392 g/mol. The fraction of sp³-hybridized carbons (Fsp3) is 0.435. The number of pyridine rings is 1. The minimum absolute atomic E-state index is 0.493. The first-order valence-electron chi connectivity index (χ1n) is 10.8. The van der Waals surface area contributed by atoms with Gasteiger partial charge in [0, 0.05) is 56.7 Å². The summed E-state index contributed by atoms with van der Waals surface area (Å²) in [5.74, 6) is 0.953. The molecule has 1 aromatic carbocycles. The molecule has 2 aromatic heterocycles. The molecule has 156 valence electrons. The van der Waals surface area contributed by atoms with Gasteiger partial charge in [0.1, 0.15) is 0 Å². The van der Waals surface area contributed by atoms with E-state index in [1.54, 1.807) is 6.20 Å². The van der Waals surface area contributed by atoms with Gasteiger partial charge in [0.2, 0.25) is 0 Å². The molecular formula is C23H28N6S. The summed E-state index contributed by atoms with van der Waals surface area (Å²) in [5, 5.41) is 4.91. The first kappa shape index (κ1) is 19.6. The second kappa shape index (κ2) is 8.41. The van der Waals surface area contributed by atoms with E-state index in [0.717, 1.165) is 55.6 Å². The van der Waals surface area contributed by atoms with Crippen LogP contribution in [-0.4, -0.2) is 55.3 Å². The van der Waals surface area contributed by atoms with E-state index in [1.165, 1.54) is 24.0 Å². The van der Waals surface area contributed by atoms with Gasteiger partial charge in [0.05, 0.1) is 6.67 Å². The highest BCUT2D eigenvalue weighted by Gasteiger charge is 2.29. The highest BCUT2D eigenvalue weighted by atomic mass is 32.1. The van der Waals surface area contributed by atoms with Crippen molar-refractivity contribution in [3.63, 3.8) is 0 Å². The third-order valence-corrected chi connectivity index (χ3v) is 6.56. The normalized spacial score (nSPS) is 18.0. The van der Waals surface area contributed by atoms with Crippen molar-refractivity contribution in [2.45, 2.75) is 39.0 Å². The van der Waals surface area contributed by atoms with Gasteiger partial charge in [-0.05, 0) is 55.2 Å². The van der Waals surface area contributed by atoms with E-state index in [0.29, 0.717) is 6.04 Å². The number of nitrogens with zero attached hydrogens (tertiary/aromatic N) is 6. The summed E-state index contributed by atoms with van der Waals surface area (Å²) in [6, 6.07) is 13.2. The summed E-state index contributed by atoms with van der Waals surface area (Å²) in [6.45, 7) is 8.19. The summed E-state index contributed by atoms with van der Waals surface area (Å²) >= 11 is 5.83. The van der Waals surface area contributed by atoms with E-state index in [9.17, 15) is 0 Å². The van der Waals surface area contributed by atoms with Crippen LogP contribution in [0.5, 0.6) is 0 Å². The van der Waals surface area contributed by atoms with Crippen LogP contribution >= 0.6 is 12.2 Å². The Morgan fingerprint density at radius 2 is 1.77 bits per heavy atom. The first-order chi connectivity index (χ1) is 14.7. The van der Waals surface area contributed by atoms with E-state index in [1.807, 2.05) is 16.9 Å². The Hall–Kier alpha value is -2.35. The summed E-state index contributed by atoms with van der Waals surface area (Å²) < 4.78 is 5.08. The van der Waals surface area contributed by atoms with Crippen molar-refractivity contribution < 1.29 is 0 Å². The topological polar surface area (TPSA) is 42.1 Å². The van der Waals surface area contributed by atoms with E-state index >= 15 is 0 Å². The molecule has 5 rings (SSSR count).